The maximum absolute atomic E-state index is 3.85. The molecule has 2 rings (SSSR count). The summed E-state index contributed by atoms with van der Waals surface area (Å²) in [6.45, 7) is 6.92. The number of anilines is 1. The molecule has 1 N–H and O–H groups in total. The maximum Gasteiger partial charge on any atom is 0.130 e. The average molecular weight is 211 g/mol. The van der Waals surface area contributed by atoms with Crippen LogP contribution in [0.4, 0.5) is 5.00 Å². The van der Waals surface area contributed by atoms with Gasteiger partial charge in [0.1, 0.15) is 5.00 Å². The number of nitrogens with zero attached hydrogens (tertiary/aromatic N) is 2. The normalized spacial score (nSPS) is 25.8. The van der Waals surface area contributed by atoms with Crippen molar-refractivity contribution in [2.45, 2.75) is 39.7 Å². The highest BCUT2D eigenvalue weighted by Gasteiger charge is 2.49. The van der Waals surface area contributed by atoms with Crippen LogP contribution in [0.5, 0.6) is 0 Å². The predicted octanol–water partition coefficient (Wildman–Crippen LogP) is 2.77. The third-order valence-corrected chi connectivity index (χ3v) is 3.80. The molecule has 1 heterocycles. The number of nitrogens with one attached hydrogen (secondary N) is 1. The minimum atomic E-state index is 0.534. The van der Waals surface area contributed by atoms with Crippen molar-refractivity contribution in [1.82, 2.24) is 9.59 Å². The van der Waals surface area contributed by atoms with Gasteiger partial charge < -0.3 is 5.32 Å². The van der Waals surface area contributed by atoms with Crippen molar-refractivity contribution in [3.05, 3.63) is 6.20 Å². The van der Waals surface area contributed by atoms with Crippen molar-refractivity contribution in [2.75, 3.05) is 5.32 Å². The molecule has 1 aromatic heterocycles. The van der Waals surface area contributed by atoms with Gasteiger partial charge >= 0.3 is 0 Å². The molecule has 0 saturated heterocycles. The molecule has 1 aromatic rings. The van der Waals surface area contributed by atoms with Crippen LogP contribution in [0.3, 0.4) is 0 Å². The van der Waals surface area contributed by atoms with Gasteiger partial charge in [-0.3, -0.25) is 0 Å². The Labute approximate surface area is 89.1 Å². The summed E-state index contributed by atoms with van der Waals surface area (Å²) in [5, 5.41) is 8.45. The minimum absolute atomic E-state index is 0.534. The van der Waals surface area contributed by atoms with Gasteiger partial charge in [0.05, 0.1) is 6.20 Å². The van der Waals surface area contributed by atoms with Crippen LogP contribution in [0.2, 0.25) is 0 Å². The number of aromatic nitrogens is 2. The number of hydrogen-bond acceptors (Lipinski definition) is 4. The molecule has 0 aliphatic heterocycles. The standard InChI is InChI=1S/C10H17N3S/c1-4-8(7-5-10(7,2)3)12-9-6-11-13-14-9/h6-8,12H,4-5H2,1-3H3. The second-order valence-electron chi connectivity index (χ2n) is 4.74. The zero-order valence-corrected chi connectivity index (χ0v) is 9.77. The van der Waals surface area contributed by atoms with Gasteiger partial charge in [-0.2, -0.15) is 0 Å². The molecule has 14 heavy (non-hydrogen) atoms. The molecule has 1 fully saturated rings. The van der Waals surface area contributed by atoms with Crippen LogP contribution in [0.15, 0.2) is 6.20 Å². The summed E-state index contributed by atoms with van der Waals surface area (Å²) in [7, 11) is 0. The van der Waals surface area contributed by atoms with E-state index in [0.717, 1.165) is 10.9 Å². The highest BCUT2D eigenvalue weighted by atomic mass is 32.1. The summed E-state index contributed by atoms with van der Waals surface area (Å²) in [5.41, 5.74) is 0.534. The molecule has 0 bridgehead atoms. The summed E-state index contributed by atoms with van der Waals surface area (Å²) >= 11 is 1.44. The first-order chi connectivity index (χ1) is 6.63. The summed E-state index contributed by atoms with van der Waals surface area (Å²) in [6.07, 6.45) is 4.32. The summed E-state index contributed by atoms with van der Waals surface area (Å²) < 4.78 is 3.85. The quantitative estimate of drug-likeness (QED) is 0.832. The first kappa shape index (κ1) is 9.90. The number of hydrogen-bond donors (Lipinski definition) is 1. The summed E-state index contributed by atoms with van der Waals surface area (Å²) in [4.78, 5) is 0. The Bertz CT molecular complexity index is 294. The average Bonchev–Trinajstić information content (AvgIpc) is 2.62. The van der Waals surface area contributed by atoms with Crippen molar-refractivity contribution in [2.24, 2.45) is 11.3 Å². The lowest BCUT2D eigenvalue weighted by Gasteiger charge is -2.17. The highest BCUT2D eigenvalue weighted by Crippen LogP contribution is 2.54. The van der Waals surface area contributed by atoms with Gasteiger partial charge in [0.2, 0.25) is 0 Å². The molecule has 0 amide bonds. The molecule has 2 unspecified atom stereocenters. The van der Waals surface area contributed by atoms with Crippen LogP contribution < -0.4 is 5.32 Å². The van der Waals surface area contributed by atoms with E-state index in [1.807, 2.05) is 6.20 Å². The summed E-state index contributed by atoms with van der Waals surface area (Å²) in [6, 6.07) is 0.590. The van der Waals surface area contributed by atoms with E-state index < -0.39 is 0 Å². The fourth-order valence-corrected chi connectivity index (χ4v) is 2.58. The third kappa shape index (κ3) is 1.90. The van der Waals surface area contributed by atoms with E-state index in [4.69, 9.17) is 0 Å². The van der Waals surface area contributed by atoms with Crippen molar-refractivity contribution in [3.63, 3.8) is 0 Å². The van der Waals surface area contributed by atoms with E-state index in [1.54, 1.807) is 0 Å². The Morgan fingerprint density at radius 3 is 2.86 bits per heavy atom. The Hall–Kier alpha value is -0.640. The van der Waals surface area contributed by atoms with Crippen LogP contribution >= 0.6 is 11.5 Å². The zero-order chi connectivity index (χ0) is 10.2. The van der Waals surface area contributed by atoms with Crippen LogP contribution in [-0.4, -0.2) is 15.6 Å². The van der Waals surface area contributed by atoms with Crippen LogP contribution in [0, 0.1) is 11.3 Å². The lowest BCUT2D eigenvalue weighted by Crippen LogP contribution is -2.22. The summed E-state index contributed by atoms with van der Waals surface area (Å²) in [5.74, 6) is 0.814. The zero-order valence-electron chi connectivity index (χ0n) is 8.95. The fourth-order valence-electron chi connectivity index (χ4n) is 2.10. The van der Waals surface area contributed by atoms with E-state index >= 15 is 0 Å². The smallest absolute Gasteiger partial charge is 0.130 e. The Kier molecular flexibility index (Phi) is 2.47. The largest absolute Gasteiger partial charge is 0.371 e. The Morgan fingerprint density at radius 2 is 2.43 bits per heavy atom. The van der Waals surface area contributed by atoms with E-state index in [2.05, 4.69) is 35.7 Å². The van der Waals surface area contributed by atoms with Crippen molar-refractivity contribution in [3.8, 4) is 0 Å². The molecule has 78 valence electrons. The molecule has 1 aliphatic rings. The highest BCUT2D eigenvalue weighted by molar-refractivity contribution is 7.09. The second kappa shape index (κ2) is 3.50. The van der Waals surface area contributed by atoms with E-state index in [-0.39, 0.29) is 0 Å². The van der Waals surface area contributed by atoms with Crippen molar-refractivity contribution in [1.29, 1.82) is 0 Å². The molecule has 0 aromatic carbocycles. The van der Waals surface area contributed by atoms with Gasteiger partial charge in [0.25, 0.3) is 0 Å². The van der Waals surface area contributed by atoms with Gasteiger partial charge in [-0.25, -0.2) is 0 Å². The Balaban J connectivity index is 1.95. The lowest BCUT2D eigenvalue weighted by atomic mass is 10.0. The van der Waals surface area contributed by atoms with Crippen LogP contribution in [0.25, 0.3) is 0 Å². The third-order valence-electron chi connectivity index (χ3n) is 3.20. The molecule has 0 radical (unpaired) electrons. The number of rotatable bonds is 4. The van der Waals surface area contributed by atoms with Crippen molar-refractivity contribution < 1.29 is 0 Å². The molecule has 2 atom stereocenters. The van der Waals surface area contributed by atoms with E-state index in [0.29, 0.717) is 11.5 Å². The first-order valence-electron chi connectivity index (χ1n) is 5.17. The molecular weight excluding hydrogens is 194 g/mol. The van der Waals surface area contributed by atoms with Gasteiger partial charge in [0, 0.05) is 17.6 Å². The molecule has 0 spiro atoms. The molecule has 1 saturated carbocycles. The molecular formula is C10H17N3S. The molecule has 3 nitrogen and oxygen atoms in total. The van der Waals surface area contributed by atoms with Gasteiger partial charge in [-0.1, -0.05) is 25.3 Å². The molecule has 1 aliphatic carbocycles. The maximum atomic E-state index is 3.85. The van der Waals surface area contributed by atoms with E-state index in [1.165, 1.54) is 24.4 Å². The van der Waals surface area contributed by atoms with Crippen molar-refractivity contribution >= 4 is 16.5 Å². The molecule has 4 heteroatoms. The van der Waals surface area contributed by atoms with Crippen LogP contribution in [0.1, 0.15) is 33.6 Å². The van der Waals surface area contributed by atoms with Gasteiger partial charge in [-0.05, 0) is 24.2 Å². The second-order valence-corrected chi connectivity index (χ2v) is 5.53. The predicted molar refractivity (Wildman–Crippen MR) is 59.5 cm³/mol. The van der Waals surface area contributed by atoms with Gasteiger partial charge in [-0.15, -0.1) is 5.10 Å². The van der Waals surface area contributed by atoms with Gasteiger partial charge in [0.15, 0.2) is 0 Å². The van der Waals surface area contributed by atoms with Crippen LogP contribution in [-0.2, 0) is 0 Å². The monoisotopic (exact) mass is 211 g/mol. The topological polar surface area (TPSA) is 37.8 Å². The first-order valence-corrected chi connectivity index (χ1v) is 5.94. The Morgan fingerprint density at radius 1 is 1.71 bits per heavy atom. The lowest BCUT2D eigenvalue weighted by molar-refractivity contribution is 0.491. The fraction of sp³-hybridized carbons (Fsp3) is 0.800. The SMILES string of the molecule is CCC(Nc1cnns1)C1CC1(C)C. The minimum Gasteiger partial charge on any atom is -0.371 e. The van der Waals surface area contributed by atoms with E-state index in [9.17, 15) is 0 Å².